The lowest BCUT2D eigenvalue weighted by atomic mass is 9.82. The molecule has 4 N–H and O–H groups in total. The Bertz CT molecular complexity index is 1200. The maximum absolute atomic E-state index is 13.0. The van der Waals surface area contributed by atoms with Crippen LogP contribution in [0.3, 0.4) is 0 Å². The van der Waals surface area contributed by atoms with E-state index in [-0.39, 0.29) is 22.3 Å². The first-order valence-corrected chi connectivity index (χ1v) is 13.0. The minimum atomic E-state index is -1.46. The molecule has 0 radical (unpaired) electrons. The van der Waals surface area contributed by atoms with Crippen molar-refractivity contribution < 1.29 is 24.6 Å². The molecule has 1 aliphatic heterocycles. The van der Waals surface area contributed by atoms with Gasteiger partial charge in [0, 0.05) is 18.2 Å². The number of carboxylic acid groups (broad SMARTS) is 2. The number of fused-ring (bicyclic) bond motifs is 1. The normalized spacial score (nSPS) is 15.8. The first-order chi connectivity index (χ1) is 17.8. The van der Waals surface area contributed by atoms with E-state index in [1.165, 1.54) is 19.2 Å². The van der Waals surface area contributed by atoms with Gasteiger partial charge in [-0.3, -0.25) is 5.32 Å². The number of carbonyl (C=O) groups is 3. The average Bonchev–Trinajstić information content (AvgIpc) is 2.94. The Balaban J connectivity index is 2.00. The number of rotatable bonds is 9. The van der Waals surface area contributed by atoms with E-state index >= 15 is 0 Å². The molecule has 2 aromatic heterocycles. The third kappa shape index (κ3) is 7.98. The van der Waals surface area contributed by atoms with Gasteiger partial charge in [0.2, 0.25) is 0 Å². The Morgan fingerprint density at radius 1 is 1.00 bits per heavy atom. The van der Waals surface area contributed by atoms with Crippen LogP contribution in [0.4, 0.5) is 10.6 Å². The van der Waals surface area contributed by atoms with Crippen molar-refractivity contribution in [2.24, 2.45) is 5.41 Å². The number of urea groups is 1. The standard InChI is InChI=1S/C26H39N7O5/c1-25(2,3)15-26(4,5)30-24(38)29-21-19-20(17(23(36)37)14-18(34)35)31-33(22(19)28-16-27-21)13-12-32-10-8-6-7-9-11-32/h14,16H,6-13,15H2,1-5H3,(H,34,35)(H,36,37)(H2,27,28,29,30,38)/b17-14-. The van der Waals surface area contributed by atoms with Crippen LogP contribution in [0.25, 0.3) is 16.6 Å². The van der Waals surface area contributed by atoms with Crippen LogP contribution < -0.4 is 10.6 Å². The van der Waals surface area contributed by atoms with Gasteiger partial charge in [-0.25, -0.2) is 29.0 Å². The fourth-order valence-electron chi connectivity index (χ4n) is 5.21. The Morgan fingerprint density at radius 3 is 2.24 bits per heavy atom. The lowest BCUT2D eigenvalue weighted by molar-refractivity contribution is -0.133. The van der Waals surface area contributed by atoms with Gasteiger partial charge in [-0.05, 0) is 51.6 Å². The second-order valence-corrected chi connectivity index (χ2v) is 11.7. The molecule has 0 aromatic carbocycles. The van der Waals surface area contributed by atoms with Crippen molar-refractivity contribution in [1.29, 1.82) is 0 Å². The van der Waals surface area contributed by atoms with E-state index in [0.717, 1.165) is 25.9 Å². The SMILES string of the molecule is CC(C)(C)CC(C)(C)NC(=O)Nc1ncnc2c1c(/C(=C/C(=O)O)C(=O)O)nn2CCN1CCCCCC1. The lowest BCUT2D eigenvalue weighted by Crippen LogP contribution is -2.47. The van der Waals surface area contributed by atoms with Crippen molar-refractivity contribution in [3.8, 4) is 0 Å². The number of hydrogen-bond acceptors (Lipinski definition) is 7. The van der Waals surface area contributed by atoms with Crippen molar-refractivity contribution in [3.05, 3.63) is 18.1 Å². The second-order valence-electron chi connectivity index (χ2n) is 11.7. The first-order valence-electron chi connectivity index (χ1n) is 13.0. The molecule has 208 valence electrons. The summed E-state index contributed by atoms with van der Waals surface area (Å²) in [4.78, 5) is 47.3. The van der Waals surface area contributed by atoms with Gasteiger partial charge in [-0.2, -0.15) is 5.10 Å². The van der Waals surface area contributed by atoms with Crippen LogP contribution in [0.1, 0.15) is 72.4 Å². The highest BCUT2D eigenvalue weighted by molar-refractivity contribution is 6.23. The molecule has 3 rings (SSSR count). The van der Waals surface area contributed by atoms with Gasteiger partial charge in [0.05, 0.1) is 17.5 Å². The van der Waals surface area contributed by atoms with Crippen LogP contribution in [-0.2, 0) is 16.1 Å². The molecule has 12 nitrogen and oxygen atoms in total. The first kappa shape index (κ1) is 29.0. The van der Waals surface area contributed by atoms with Gasteiger partial charge >= 0.3 is 18.0 Å². The fourth-order valence-corrected chi connectivity index (χ4v) is 5.21. The van der Waals surface area contributed by atoms with Crippen molar-refractivity contribution in [2.45, 2.75) is 78.8 Å². The Kier molecular flexibility index (Phi) is 9.08. The zero-order chi connectivity index (χ0) is 28.1. The van der Waals surface area contributed by atoms with Gasteiger partial charge in [0.15, 0.2) is 5.65 Å². The summed E-state index contributed by atoms with van der Waals surface area (Å²) in [5.74, 6) is -2.84. The topological polar surface area (TPSA) is 163 Å². The van der Waals surface area contributed by atoms with Crippen LogP contribution in [0.2, 0.25) is 0 Å². The van der Waals surface area contributed by atoms with E-state index in [9.17, 15) is 24.6 Å². The maximum Gasteiger partial charge on any atom is 0.338 e. The van der Waals surface area contributed by atoms with Crippen molar-refractivity contribution >= 4 is 40.4 Å². The summed E-state index contributed by atoms with van der Waals surface area (Å²) in [6.45, 7) is 13.1. The van der Waals surface area contributed by atoms with Crippen LogP contribution >= 0.6 is 0 Å². The minimum Gasteiger partial charge on any atom is -0.478 e. The number of anilines is 1. The quantitative estimate of drug-likeness (QED) is 0.356. The van der Waals surface area contributed by atoms with Crippen molar-refractivity contribution in [2.75, 3.05) is 25.0 Å². The molecular weight excluding hydrogens is 490 g/mol. The average molecular weight is 530 g/mol. The van der Waals surface area contributed by atoms with Crippen LogP contribution in [0.5, 0.6) is 0 Å². The molecule has 3 heterocycles. The number of likely N-dealkylation sites (tertiary alicyclic amines) is 1. The molecule has 0 spiro atoms. The smallest absolute Gasteiger partial charge is 0.338 e. The molecule has 1 fully saturated rings. The number of carbonyl (C=O) groups excluding carboxylic acids is 1. The number of hydrogen-bond donors (Lipinski definition) is 4. The molecule has 12 heteroatoms. The molecule has 38 heavy (non-hydrogen) atoms. The van der Waals surface area contributed by atoms with Crippen molar-refractivity contribution in [3.63, 3.8) is 0 Å². The molecule has 0 bridgehead atoms. The predicted molar refractivity (Wildman–Crippen MR) is 144 cm³/mol. The van der Waals surface area contributed by atoms with Crippen molar-refractivity contribution in [1.82, 2.24) is 30.0 Å². The summed E-state index contributed by atoms with van der Waals surface area (Å²) in [7, 11) is 0. The fraction of sp³-hybridized carbons (Fsp3) is 0.615. The van der Waals surface area contributed by atoms with Crippen LogP contribution in [-0.4, -0.2) is 78.0 Å². The monoisotopic (exact) mass is 529 g/mol. The number of amides is 2. The Labute approximate surface area is 222 Å². The molecule has 2 amide bonds. The van der Waals surface area contributed by atoms with Crippen LogP contribution in [0.15, 0.2) is 12.4 Å². The number of carboxylic acids is 2. The highest BCUT2D eigenvalue weighted by atomic mass is 16.4. The molecular formula is C26H39N7O5. The highest BCUT2D eigenvalue weighted by Gasteiger charge is 2.29. The van der Waals surface area contributed by atoms with Gasteiger partial charge in [0.1, 0.15) is 17.8 Å². The zero-order valence-corrected chi connectivity index (χ0v) is 22.9. The van der Waals surface area contributed by atoms with E-state index < -0.39 is 29.1 Å². The predicted octanol–water partition coefficient (Wildman–Crippen LogP) is 3.59. The third-order valence-electron chi connectivity index (χ3n) is 6.27. The summed E-state index contributed by atoms with van der Waals surface area (Å²) >= 11 is 0. The number of aliphatic carboxylic acids is 2. The molecule has 1 aliphatic rings. The molecule has 0 saturated carbocycles. The number of aromatic nitrogens is 4. The van der Waals surface area contributed by atoms with Crippen LogP contribution in [0, 0.1) is 5.41 Å². The largest absolute Gasteiger partial charge is 0.478 e. The Morgan fingerprint density at radius 2 is 1.66 bits per heavy atom. The summed E-state index contributed by atoms with van der Waals surface area (Å²) in [5.41, 5.74) is -0.896. The van der Waals surface area contributed by atoms with E-state index in [4.69, 9.17) is 0 Å². The van der Waals surface area contributed by atoms with E-state index in [2.05, 4.69) is 51.4 Å². The van der Waals surface area contributed by atoms with E-state index in [0.29, 0.717) is 31.2 Å². The van der Waals surface area contributed by atoms with E-state index in [1.54, 1.807) is 4.68 Å². The number of nitrogens with zero attached hydrogens (tertiary/aromatic N) is 5. The molecule has 0 aliphatic carbocycles. The van der Waals surface area contributed by atoms with Gasteiger partial charge in [0.25, 0.3) is 0 Å². The summed E-state index contributed by atoms with van der Waals surface area (Å²) in [5, 5.41) is 29.4. The molecule has 2 aromatic rings. The third-order valence-corrected chi connectivity index (χ3v) is 6.27. The lowest BCUT2D eigenvalue weighted by Gasteiger charge is -2.33. The summed E-state index contributed by atoms with van der Waals surface area (Å²) in [6, 6.07) is -0.526. The Hall–Kier alpha value is -3.54. The minimum absolute atomic E-state index is 0.0291. The zero-order valence-electron chi connectivity index (χ0n) is 22.9. The summed E-state index contributed by atoms with van der Waals surface area (Å²) < 4.78 is 1.56. The molecule has 0 atom stereocenters. The summed E-state index contributed by atoms with van der Waals surface area (Å²) in [6.07, 6.45) is 7.20. The molecule has 0 unspecified atom stereocenters. The van der Waals surface area contributed by atoms with Gasteiger partial charge in [-0.1, -0.05) is 33.6 Å². The molecule has 1 saturated heterocycles. The van der Waals surface area contributed by atoms with E-state index in [1.807, 2.05) is 13.8 Å². The van der Waals surface area contributed by atoms with Gasteiger partial charge < -0.3 is 20.4 Å². The maximum atomic E-state index is 13.0. The van der Waals surface area contributed by atoms with Gasteiger partial charge in [-0.15, -0.1) is 0 Å². The number of nitrogens with one attached hydrogen (secondary N) is 2. The second kappa shape index (κ2) is 11.9. The highest BCUT2D eigenvalue weighted by Crippen LogP contribution is 2.30.